The molecule has 0 aromatic carbocycles. The van der Waals surface area contributed by atoms with Crippen molar-refractivity contribution >= 4 is 0 Å². The summed E-state index contributed by atoms with van der Waals surface area (Å²) in [6.07, 6.45) is 11.5. The molecule has 1 unspecified atom stereocenters. The summed E-state index contributed by atoms with van der Waals surface area (Å²) in [6.45, 7) is 6.31. The minimum atomic E-state index is 0.739. The summed E-state index contributed by atoms with van der Waals surface area (Å²) in [7, 11) is 2.16. The van der Waals surface area contributed by atoms with Crippen LogP contribution in [-0.4, -0.2) is 37.6 Å². The van der Waals surface area contributed by atoms with E-state index in [1.807, 2.05) is 0 Å². The smallest absolute Gasteiger partial charge is 0.0220 e. The minimum absolute atomic E-state index is 0.739. The van der Waals surface area contributed by atoms with E-state index in [0.717, 1.165) is 17.9 Å². The Balaban J connectivity index is 1.76. The van der Waals surface area contributed by atoms with Gasteiger partial charge in [-0.1, -0.05) is 32.6 Å². The quantitative estimate of drug-likeness (QED) is 0.808. The van der Waals surface area contributed by atoms with Gasteiger partial charge in [-0.15, -0.1) is 0 Å². The molecule has 1 aliphatic carbocycles. The lowest BCUT2D eigenvalue weighted by Gasteiger charge is -2.37. The van der Waals surface area contributed by atoms with E-state index in [9.17, 15) is 0 Å². The Bertz CT molecular complexity index is 215. The minimum Gasteiger partial charge on any atom is -0.315 e. The molecule has 1 N–H and O–H groups in total. The molecular weight excluding hydrogens is 220 g/mol. The zero-order valence-corrected chi connectivity index (χ0v) is 12.5. The molecule has 2 nitrogen and oxygen atoms in total. The predicted molar refractivity (Wildman–Crippen MR) is 78.9 cm³/mol. The third-order valence-corrected chi connectivity index (χ3v) is 5.33. The molecule has 0 aromatic heterocycles. The highest BCUT2D eigenvalue weighted by atomic mass is 15.2. The van der Waals surface area contributed by atoms with Crippen molar-refractivity contribution in [2.24, 2.45) is 11.8 Å². The molecule has 1 saturated heterocycles. The van der Waals surface area contributed by atoms with Gasteiger partial charge in [0.25, 0.3) is 0 Å². The van der Waals surface area contributed by atoms with Gasteiger partial charge in [-0.2, -0.15) is 0 Å². The fourth-order valence-corrected chi connectivity index (χ4v) is 3.87. The highest BCUT2D eigenvalue weighted by Gasteiger charge is 2.26. The largest absolute Gasteiger partial charge is 0.315 e. The number of nitrogens with one attached hydrogen (secondary N) is 1. The molecule has 0 amide bonds. The van der Waals surface area contributed by atoms with Gasteiger partial charge in [0.1, 0.15) is 0 Å². The molecule has 0 spiro atoms. The molecule has 1 heterocycles. The zero-order chi connectivity index (χ0) is 12.8. The van der Waals surface area contributed by atoms with Crippen molar-refractivity contribution in [1.82, 2.24) is 10.2 Å². The van der Waals surface area contributed by atoms with Gasteiger partial charge >= 0.3 is 0 Å². The maximum Gasteiger partial charge on any atom is 0.0220 e. The maximum atomic E-state index is 3.60. The number of piperidine rings is 1. The second kappa shape index (κ2) is 7.49. The van der Waals surface area contributed by atoms with Gasteiger partial charge in [0.05, 0.1) is 0 Å². The fraction of sp³-hybridized carbons (Fsp3) is 1.00. The standard InChI is InChI=1S/C16H32N2/c1-3-14-9-11-18(12-10-14)13-16(17-2)15-7-5-4-6-8-15/h14-17H,3-13H2,1-2H3. The van der Waals surface area contributed by atoms with Gasteiger partial charge in [-0.3, -0.25) is 0 Å². The van der Waals surface area contributed by atoms with Gasteiger partial charge < -0.3 is 10.2 Å². The second-order valence-corrected chi connectivity index (χ2v) is 6.45. The maximum absolute atomic E-state index is 3.60. The molecule has 1 atom stereocenters. The number of nitrogens with zero attached hydrogens (tertiary/aromatic N) is 1. The summed E-state index contributed by atoms with van der Waals surface area (Å²) >= 11 is 0. The van der Waals surface area contributed by atoms with E-state index in [2.05, 4.69) is 24.2 Å². The molecule has 1 aliphatic heterocycles. The van der Waals surface area contributed by atoms with Crippen LogP contribution in [0.1, 0.15) is 58.3 Å². The summed E-state index contributed by atoms with van der Waals surface area (Å²) in [5.41, 5.74) is 0. The lowest BCUT2D eigenvalue weighted by molar-refractivity contribution is 0.142. The van der Waals surface area contributed by atoms with E-state index in [4.69, 9.17) is 0 Å². The Morgan fingerprint density at radius 3 is 2.28 bits per heavy atom. The average molecular weight is 252 g/mol. The van der Waals surface area contributed by atoms with Crippen molar-refractivity contribution in [2.45, 2.75) is 64.3 Å². The van der Waals surface area contributed by atoms with E-state index in [1.54, 1.807) is 0 Å². The van der Waals surface area contributed by atoms with E-state index in [-0.39, 0.29) is 0 Å². The molecule has 2 fully saturated rings. The molecule has 2 heteroatoms. The Hall–Kier alpha value is -0.0800. The van der Waals surface area contributed by atoms with Crippen molar-refractivity contribution in [3.8, 4) is 0 Å². The van der Waals surface area contributed by atoms with E-state index >= 15 is 0 Å². The lowest BCUT2D eigenvalue weighted by Crippen LogP contribution is -2.47. The van der Waals surface area contributed by atoms with Crippen LogP contribution in [0.25, 0.3) is 0 Å². The third kappa shape index (κ3) is 3.96. The highest BCUT2D eigenvalue weighted by Crippen LogP contribution is 2.28. The van der Waals surface area contributed by atoms with Crippen LogP contribution in [0, 0.1) is 11.8 Å². The molecule has 18 heavy (non-hydrogen) atoms. The van der Waals surface area contributed by atoms with E-state index in [1.165, 1.54) is 71.0 Å². The molecule has 2 aliphatic rings. The zero-order valence-electron chi connectivity index (χ0n) is 12.5. The monoisotopic (exact) mass is 252 g/mol. The number of likely N-dealkylation sites (N-methyl/N-ethyl adjacent to an activating group) is 1. The first-order valence-corrected chi connectivity index (χ1v) is 8.23. The average Bonchev–Trinajstić information content (AvgIpc) is 2.46. The van der Waals surface area contributed by atoms with Crippen LogP contribution in [0.3, 0.4) is 0 Å². The highest BCUT2D eigenvalue weighted by molar-refractivity contribution is 4.83. The summed E-state index contributed by atoms with van der Waals surface area (Å²) in [5.74, 6) is 1.94. The third-order valence-electron chi connectivity index (χ3n) is 5.33. The van der Waals surface area contributed by atoms with Crippen LogP contribution in [-0.2, 0) is 0 Å². The first-order valence-electron chi connectivity index (χ1n) is 8.23. The molecule has 1 saturated carbocycles. The predicted octanol–water partition coefficient (Wildman–Crippen LogP) is 3.28. The lowest BCUT2D eigenvalue weighted by atomic mass is 9.83. The van der Waals surface area contributed by atoms with Crippen LogP contribution in [0.15, 0.2) is 0 Å². The van der Waals surface area contributed by atoms with Gasteiger partial charge in [0.2, 0.25) is 0 Å². The summed E-state index contributed by atoms with van der Waals surface area (Å²) in [6, 6.07) is 0.739. The summed E-state index contributed by atoms with van der Waals surface area (Å²) in [5, 5.41) is 3.60. The van der Waals surface area contributed by atoms with E-state index in [0.29, 0.717) is 0 Å². The Morgan fingerprint density at radius 2 is 1.72 bits per heavy atom. The number of likely N-dealkylation sites (tertiary alicyclic amines) is 1. The second-order valence-electron chi connectivity index (χ2n) is 6.45. The summed E-state index contributed by atoms with van der Waals surface area (Å²) < 4.78 is 0. The number of rotatable bonds is 5. The molecule has 0 bridgehead atoms. The number of hydrogen-bond donors (Lipinski definition) is 1. The van der Waals surface area contributed by atoms with Crippen molar-refractivity contribution in [3.05, 3.63) is 0 Å². The molecular formula is C16H32N2. The Kier molecular flexibility index (Phi) is 5.97. The van der Waals surface area contributed by atoms with Crippen molar-refractivity contribution in [1.29, 1.82) is 0 Å². The Morgan fingerprint density at radius 1 is 1.06 bits per heavy atom. The molecule has 106 valence electrons. The SMILES string of the molecule is CCC1CCN(CC(NC)C2CCCCC2)CC1. The van der Waals surface area contributed by atoms with Crippen LogP contribution >= 0.6 is 0 Å². The van der Waals surface area contributed by atoms with Crippen LogP contribution in [0.2, 0.25) is 0 Å². The van der Waals surface area contributed by atoms with Crippen LogP contribution in [0.5, 0.6) is 0 Å². The van der Waals surface area contributed by atoms with Gasteiger partial charge in [-0.05, 0) is 57.7 Å². The van der Waals surface area contributed by atoms with Crippen molar-refractivity contribution < 1.29 is 0 Å². The first kappa shape index (κ1) is 14.3. The normalized spacial score (nSPS) is 26.3. The fourth-order valence-electron chi connectivity index (χ4n) is 3.87. The van der Waals surface area contributed by atoms with E-state index < -0.39 is 0 Å². The topological polar surface area (TPSA) is 15.3 Å². The van der Waals surface area contributed by atoms with Crippen LogP contribution in [0.4, 0.5) is 0 Å². The van der Waals surface area contributed by atoms with Crippen molar-refractivity contribution in [2.75, 3.05) is 26.7 Å². The molecule has 0 radical (unpaired) electrons. The van der Waals surface area contributed by atoms with Gasteiger partial charge in [-0.25, -0.2) is 0 Å². The van der Waals surface area contributed by atoms with Crippen LogP contribution < -0.4 is 5.32 Å². The molecule has 2 rings (SSSR count). The summed E-state index contributed by atoms with van der Waals surface area (Å²) in [4.78, 5) is 2.71. The Labute approximate surface area is 114 Å². The number of hydrogen-bond acceptors (Lipinski definition) is 2. The molecule has 0 aromatic rings. The van der Waals surface area contributed by atoms with Gasteiger partial charge in [0.15, 0.2) is 0 Å². The van der Waals surface area contributed by atoms with Gasteiger partial charge in [0, 0.05) is 12.6 Å². The first-order chi connectivity index (χ1) is 8.83. The van der Waals surface area contributed by atoms with Crippen molar-refractivity contribution in [3.63, 3.8) is 0 Å².